The van der Waals surface area contributed by atoms with Crippen molar-refractivity contribution in [2.24, 2.45) is 4.99 Å². The number of aliphatic imine (C=N–C) groups is 1. The molecule has 2 aliphatic rings. The van der Waals surface area contributed by atoms with Gasteiger partial charge in [-0.05, 0) is 30.4 Å². The fourth-order valence-electron chi connectivity index (χ4n) is 3.80. The lowest BCUT2D eigenvalue weighted by Gasteiger charge is -2.44. The average molecular weight is 423 g/mol. The molecule has 4 rings (SSSR count). The summed E-state index contributed by atoms with van der Waals surface area (Å²) in [5, 5.41) is 8.61. The van der Waals surface area contributed by atoms with Crippen LogP contribution >= 0.6 is 11.3 Å². The predicted octanol–water partition coefficient (Wildman–Crippen LogP) is 2.20. The zero-order valence-corrected chi connectivity index (χ0v) is 17.0. The second-order valence-corrected chi connectivity index (χ2v) is 10.1. The summed E-state index contributed by atoms with van der Waals surface area (Å²) in [5.41, 5.74) is 0.203. The molecule has 28 heavy (non-hydrogen) atoms. The largest absolute Gasteiger partial charge is 0.368 e. The van der Waals surface area contributed by atoms with Crippen molar-refractivity contribution in [1.82, 2.24) is 14.9 Å². The van der Waals surface area contributed by atoms with Gasteiger partial charge in [0.2, 0.25) is 0 Å². The molecule has 0 saturated carbocycles. The minimum atomic E-state index is -3.44. The topological polar surface area (TPSA) is 73.8 Å². The number of halogens is 1. The van der Waals surface area contributed by atoms with E-state index in [-0.39, 0.29) is 11.4 Å². The monoisotopic (exact) mass is 422 g/mol. The Kier molecular flexibility index (Phi) is 5.50. The lowest BCUT2D eigenvalue weighted by molar-refractivity contribution is 0.241. The maximum absolute atomic E-state index is 13.9. The predicted molar refractivity (Wildman–Crippen MR) is 109 cm³/mol. The maximum atomic E-state index is 13.9. The van der Waals surface area contributed by atoms with Crippen molar-refractivity contribution < 1.29 is 12.8 Å². The molecule has 0 amide bonds. The van der Waals surface area contributed by atoms with Crippen LogP contribution in [0.3, 0.4) is 0 Å². The first-order valence-electron chi connectivity index (χ1n) is 9.32. The number of sulfonamides is 1. The molecule has 2 N–H and O–H groups in total. The van der Waals surface area contributed by atoms with E-state index in [2.05, 4.69) is 15.6 Å². The lowest BCUT2D eigenvalue weighted by atomic mass is 9.85. The zero-order valence-electron chi connectivity index (χ0n) is 15.4. The summed E-state index contributed by atoms with van der Waals surface area (Å²) in [6.07, 6.45) is 1.25. The standard InChI is InChI=1S/C19H23FN4O2S2/c20-16-5-2-1-4-15(16)14-22-18-19(23-10-9-21-18)7-11-24(12-8-19)28(25,26)17-6-3-13-27-17/h1-6,13,23H,7-12,14H2,(H,21,22). The van der Waals surface area contributed by atoms with Crippen molar-refractivity contribution in [3.63, 3.8) is 0 Å². The number of amidine groups is 1. The molecule has 3 heterocycles. The van der Waals surface area contributed by atoms with Crippen LogP contribution in [0.4, 0.5) is 4.39 Å². The number of hydrogen-bond acceptors (Lipinski definition) is 6. The summed E-state index contributed by atoms with van der Waals surface area (Å²) in [5.74, 6) is 0.556. The van der Waals surface area contributed by atoms with Crippen molar-refractivity contribution in [2.45, 2.75) is 29.1 Å². The van der Waals surface area contributed by atoms with Crippen molar-refractivity contribution in [2.75, 3.05) is 26.2 Å². The SMILES string of the molecule is O=S(=O)(c1cccs1)N1CCC2(CC1)NCCN=C2NCc1ccccc1F. The number of hydrogen-bond donors (Lipinski definition) is 2. The van der Waals surface area contributed by atoms with Gasteiger partial charge in [0, 0.05) is 31.7 Å². The number of benzene rings is 1. The van der Waals surface area contributed by atoms with Gasteiger partial charge in [-0.3, -0.25) is 4.99 Å². The van der Waals surface area contributed by atoms with E-state index in [4.69, 9.17) is 0 Å². The van der Waals surface area contributed by atoms with Crippen LogP contribution in [0.15, 0.2) is 51.0 Å². The first kappa shape index (κ1) is 19.5. The Morgan fingerprint density at radius 1 is 1.21 bits per heavy atom. The molecule has 2 aliphatic heterocycles. The van der Waals surface area contributed by atoms with E-state index in [1.54, 1.807) is 34.0 Å². The Hall–Kier alpha value is -1.81. The summed E-state index contributed by atoms with van der Waals surface area (Å²) in [7, 11) is -3.44. The fraction of sp³-hybridized carbons (Fsp3) is 0.421. The maximum Gasteiger partial charge on any atom is 0.252 e. The Bertz CT molecular complexity index is 952. The van der Waals surface area contributed by atoms with Gasteiger partial charge in [0.1, 0.15) is 15.9 Å². The van der Waals surface area contributed by atoms with Crippen LogP contribution in [0.5, 0.6) is 0 Å². The molecule has 2 aromatic rings. The number of rotatable bonds is 4. The van der Waals surface area contributed by atoms with Gasteiger partial charge in [-0.1, -0.05) is 24.3 Å². The molecule has 0 atom stereocenters. The van der Waals surface area contributed by atoms with Crippen molar-refractivity contribution in [1.29, 1.82) is 0 Å². The second kappa shape index (κ2) is 7.90. The molecular weight excluding hydrogens is 399 g/mol. The van der Waals surface area contributed by atoms with Crippen molar-refractivity contribution in [3.05, 3.63) is 53.2 Å². The number of nitrogens with zero attached hydrogens (tertiary/aromatic N) is 2. The summed E-state index contributed by atoms with van der Waals surface area (Å²) in [4.78, 5) is 4.64. The van der Waals surface area contributed by atoms with Gasteiger partial charge in [-0.15, -0.1) is 11.3 Å². The molecule has 1 spiro atoms. The number of nitrogens with one attached hydrogen (secondary N) is 2. The highest BCUT2D eigenvalue weighted by molar-refractivity contribution is 7.91. The number of piperidine rings is 1. The van der Waals surface area contributed by atoms with Gasteiger partial charge in [0.05, 0.1) is 12.1 Å². The highest BCUT2D eigenvalue weighted by Gasteiger charge is 2.43. The van der Waals surface area contributed by atoms with Gasteiger partial charge in [0.15, 0.2) is 0 Å². The molecule has 0 unspecified atom stereocenters. The molecule has 9 heteroatoms. The lowest BCUT2D eigenvalue weighted by Crippen LogP contribution is -2.64. The smallest absolute Gasteiger partial charge is 0.252 e. The molecule has 150 valence electrons. The van der Waals surface area contributed by atoms with Crippen LogP contribution < -0.4 is 10.6 Å². The van der Waals surface area contributed by atoms with E-state index >= 15 is 0 Å². The summed E-state index contributed by atoms with van der Waals surface area (Å²) in [6, 6.07) is 10.1. The first-order chi connectivity index (χ1) is 13.5. The van der Waals surface area contributed by atoms with Gasteiger partial charge < -0.3 is 10.6 Å². The zero-order chi connectivity index (χ0) is 19.6. The van der Waals surface area contributed by atoms with Crippen LogP contribution in [0, 0.1) is 5.82 Å². The quantitative estimate of drug-likeness (QED) is 0.792. The average Bonchev–Trinajstić information content (AvgIpc) is 3.25. The summed E-state index contributed by atoms with van der Waals surface area (Å²) >= 11 is 1.24. The van der Waals surface area contributed by atoms with E-state index < -0.39 is 10.0 Å². The van der Waals surface area contributed by atoms with Gasteiger partial charge in [-0.2, -0.15) is 4.31 Å². The molecule has 0 bridgehead atoms. The third kappa shape index (κ3) is 3.71. The Morgan fingerprint density at radius 3 is 2.71 bits per heavy atom. The first-order valence-corrected chi connectivity index (χ1v) is 11.6. The van der Waals surface area contributed by atoms with Crippen LogP contribution in [-0.2, 0) is 16.6 Å². The molecular formula is C19H23FN4O2S2. The third-order valence-electron chi connectivity index (χ3n) is 5.37. The van der Waals surface area contributed by atoms with Gasteiger partial charge >= 0.3 is 0 Å². The molecule has 1 aromatic heterocycles. The Morgan fingerprint density at radius 2 is 2.00 bits per heavy atom. The summed E-state index contributed by atoms with van der Waals surface area (Å²) in [6.45, 7) is 2.61. The minimum absolute atomic E-state index is 0.245. The minimum Gasteiger partial charge on any atom is -0.368 e. The number of thiophene rings is 1. The van der Waals surface area contributed by atoms with Crippen LogP contribution in [0.2, 0.25) is 0 Å². The van der Waals surface area contributed by atoms with Crippen LogP contribution in [0.25, 0.3) is 0 Å². The highest BCUT2D eigenvalue weighted by Crippen LogP contribution is 2.30. The van der Waals surface area contributed by atoms with E-state index in [1.807, 2.05) is 6.07 Å². The van der Waals surface area contributed by atoms with E-state index in [0.29, 0.717) is 48.8 Å². The van der Waals surface area contributed by atoms with E-state index in [1.165, 1.54) is 17.4 Å². The van der Waals surface area contributed by atoms with Crippen LogP contribution in [-0.4, -0.2) is 50.3 Å². The Balaban J connectivity index is 1.46. The summed E-state index contributed by atoms with van der Waals surface area (Å²) < 4.78 is 41.4. The molecule has 0 radical (unpaired) electrons. The third-order valence-corrected chi connectivity index (χ3v) is 8.64. The van der Waals surface area contributed by atoms with E-state index in [0.717, 1.165) is 12.4 Å². The van der Waals surface area contributed by atoms with Gasteiger partial charge in [-0.25, -0.2) is 12.8 Å². The molecule has 1 aromatic carbocycles. The van der Waals surface area contributed by atoms with E-state index in [9.17, 15) is 12.8 Å². The van der Waals surface area contributed by atoms with Gasteiger partial charge in [0.25, 0.3) is 10.0 Å². The van der Waals surface area contributed by atoms with Crippen molar-refractivity contribution >= 4 is 27.2 Å². The molecule has 1 fully saturated rings. The highest BCUT2D eigenvalue weighted by atomic mass is 32.2. The fourth-order valence-corrected chi connectivity index (χ4v) is 6.39. The second-order valence-electron chi connectivity index (χ2n) is 7.02. The molecule has 6 nitrogen and oxygen atoms in total. The molecule has 1 saturated heterocycles. The normalized spacial score (nSPS) is 20.1. The molecule has 0 aliphatic carbocycles. The van der Waals surface area contributed by atoms with Crippen molar-refractivity contribution in [3.8, 4) is 0 Å². The van der Waals surface area contributed by atoms with Crippen LogP contribution in [0.1, 0.15) is 18.4 Å². The Labute approximate surface area is 168 Å².